The van der Waals surface area contributed by atoms with Crippen molar-refractivity contribution in [1.29, 1.82) is 5.26 Å². The zero-order valence-corrected chi connectivity index (χ0v) is 10.6. The number of halogens is 2. The quantitative estimate of drug-likeness (QED) is 0.873. The van der Waals surface area contributed by atoms with E-state index in [-0.39, 0.29) is 12.2 Å². The van der Waals surface area contributed by atoms with Crippen molar-refractivity contribution in [2.45, 2.75) is 6.61 Å². The molecule has 0 aliphatic heterocycles. The molecule has 0 saturated carbocycles. The fraction of sp³-hybridized carbons (Fsp3) is 0.0714. The average Bonchev–Trinajstić information content (AvgIpc) is 2.38. The van der Waals surface area contributed by atoms with E-state index in [1.807, 2.05) is 0 Å². The summed E-state index contributed by atoms with van der Waals surface area (Å²) in [6.07, 6.45) is 0. The van der Waals surface area contributed by atoms with Crippen molar-refractivity contribution in [3.8, 4) is 11.8 Å². The van der Waals surface area contributed by atoms with E-state index in [0.717, 1.165) is 5.56 Å². The van der Waals surface area contributed by atoms with Crippen LogP contribution >= 0.6 is 11.6 Å². The van der Waals surface area contributed by atoms with Crippen LogP contribution in [0.25, 0.3) is 0 Å². The van der Waals surface area contributed by atoms with Gasteiger partial charge in [0, 0.05) is 22.3 Å². The van der Waals surface area contributed by atoms with Crippen LogP contribution in [0.15, 0.2) is 36.4 Å². The monoisotopic (exact) mass is 276 g/mol. The van der Waals surface area contributed by atoms with Gasteiger partial charge < -0.3 is 10.5 Å². The standard InChI is InChI=1S/C14H10ClFN2O/c15-11-3-1-10(14(18)5-11)8-19-12-4-2-9(7-17)13(16)6-12/h1-6H,8,18H2. The van der Waals surface area contributed by atoms with E-state index in [1.165, 1.54) is 18.2 Å². The summed E-state index contributed by atoms with van der Waals surface area (Å²) in [4.78, 5) is 0. The number of nitrogens with two attached hydrogens (primary N) is 1. The van der Waals surface area contributed by atoms with Gasteiger partial charge in [-0.15, -0.1) is 0 Å². The molecule has 0 bridgehead atoms. The third kappa shape index (κ3) is 3.15. The Morgan fingerprint density at radius 2 is 2.05 bits per heavy atom. The molecule has 2 N–H and O–H groups in total. The molecule has 5 heteroatoms. The molecule has 2 rings (SSSR count). The van der Waals surface area contributed by atoms with Gasteiger partial charge in [0.05, 0.1) is 5.56 Å². The summed E-state index contributed by atoms with van der Waals surface area (Å²) in [7, 11) is 0. The minimum Gasteiger partial charge on any atom is -0.489 e. The summed E-state index contributed by atoms with van der Waals surface area (Å²) < 4.78 is 18.8. The van der Waals surface area contributed by atoms with Crippen molar-refractivity contribution in [3.63, 3.8) is 0 Å². The van der Waals surface area contributed by atoms with Gasteiger partial charge in [0.15, 0.2) is 0 Å². The lowest BCUT2D eigenvalue weighted by Crippen LogP contribution is -2.00. The molecular formula is C14H10ClFN2O. The first-order valence-electron chi connectivity index (χ1n) is 5.46. The number of anilines is 1. The molecule has 2 aromatic carbocycles. The van der Waals surface area contributed by atoms with Crippen LogP contribution in [-0.4, -0.2) is 0 Å². The fourth-order valence-corrected chi connectivity index (χ4v) is 1.72. The zero-order valence-electron chi connectivity index (χ0n) is 9.86. The molecule has 2 aromatic rings. The highest BCUT2D eigenvalue weighted by molar-refractivity contribution is 6.30. The van der Waals surface area contributed by atoms with Gasteiger partial charge in [0.2, 0.25) is 0 Å². The summed E-state index contributed by atoms with van der Waals surface area (Å²) in [6, 6.07) is 10.9. The van der Waals surface area contributed by atoms with Crippen LogP contribution < -0.4 is 10.5 Å². The SMILES string of the molecule is N#Cc1ccc(OCc2ccc(Cl)cc2N)cc1F. The van der Waals surface area contributed by atoms with E-state index >= 15 is 0 Å². The fourth-order valence-electron chi connectivity index (χ4n) is 1.53. The van der Waals surface area contributed by atoms with Gasteiger partial charge in [-0.25, -0.2) is 4.39 Å². The first kappa shape index (κ1) is 13.2. The second kappa shape index (κ2) is 5.59. The van der Waals surface area contributed by atoms with E-state index in [9.17, 15) is 4.39 Å². The van der Waals surface area contributed by atoms with Crippen molar-refractivity contribution in [1.82, 2.24) is 0 Å². The van der Waals surface area contributed by atoms with E-state index < -0.39 is 5.82 Å². The molecule has 0 aliphatic carbocycles. The molecule has 0 radical (unpaired) electrons. The van der Waals surface area contributed by atoms with Crippen LogP contribution in [0.1, 0.15) is 11.1 Å². The number of hydrogen-bond donors (Lipinski definition) is 1. The molecule has 0 aromatic heterocycles. The maximum Gasteiger partial charge on any atom is 0.144 e. The summed E-state index contributed by atoms with van der Waals surface area (Å²) in [5.41, 5.74) is 7.04. The lowest BCUT2D eigenvalue weighted by Gasteiger charge is -2.09. The molecule has 19 heavy (non-hydrogen) atoms. The van der Waals surface area contributed by atoms with Crippen LogP contribution in [0.5, 0.6) is 5.75 Å². The molecule has 3 nitrogen and oxygen atoms in total. The third-order valence-corrected chi connectivity index (χ3v) is 2.80. The van der Waals surface area contributed by atoms with Gasteiger partial charge in [0.25, 0.3) is 0 Å². The summed E-state index contributed by atoms with van der Waals surface area (Å²) in [5.74, 6) is -0.269. The van der Waals surface area contributed by atoms with E-state index in [4.69, 9.17) is 27.3 Å². The van der Waals surface area contributed by atoms with Crippen molar-refractivity contribution < 1.29 is 9.13 Å². The molecule has 0 amide bonds. The Morgan fingerprint density at radius 3 is 2.68 bits per heavy atom. The van der Waals surface area contributed by atoms with Crippen molar-refractivity contribution in [2.75, 3.05) is 5.73 Å². The van der Waals surface area contributed by atoms with Gasteiger partial charge in [-0.05, 0) is 24.3 Å². The van der Waals surface area contributed by atoms with E-state index in [2.05, 4.69) is 0 Å². The van der Waals surface area contributed by atoms with E-state index in [0.29, 0.717) is 16.5 Å². The van der Waals surface area contributed by atoms with Gasteiger partial charge in [-0.1, -0.05) is 17.7 Å². The lowest BCUT2D eigenvalue weighted by atomic mass is 10.2. The molecule has 0 saturated heterocycles. The molecule has 0 unspecified atom stereocenters. The highest BCUT2D eigenvalue weighted by Gasteiger charge is 2.05. The predicted molar refractivity (Wildman–Crippen MR) is 71.3 cm³/mol. The maximum atomic E-state index is 13.4. The van der Waals surface area contributed by atoms with Crippen LogP contribution in [0.4, 0.5) is 10.1 Å². The number of nitrogen functional groups attached to an aromatic ring is 1. The predicted octanol–water partition coefficient (Wildman–Crippen LogP) is 3.51. The first-order valence-corrected chi connectivity index (χ1v) is 5.84. The Kier molecular flexibility index (Phi) is 3.88. The van der Waals surface area contributed by atoms with Crippen LogP contribution in [0.3, 0.4) is 0 Å². The van der Waals surface area contributed by atoms with Gasteiger partial charge in [-0.3, -0.25) is 0 Å². The zero-order chi connectivity index (χ0) is 13.8. The number of hydrogen-bond acceptors (Lipinski definition) is 3. The Hall–Kier alpha value is -2.25. The normalized spacial score (nSPS) is 9.95. The van der Waals surface area contributed by atoms with Crippen molar-refractivity contribution >= 4 is 17.3 Å². The molecule has 0 aliphatic rings. The molecule has 96 valence electrons. The highest BCUT2D eigenvalue weighted by atomic mass is 35.5. The third-order valence-electron chi connectivity index (χ3n) is 2.56. The number of benzene rings is 2. The van der Waals surface area contributed by atoms with Crippen LogP contribution in [0.2, 0.25) is 5.02 Å². The number of ether oxygens (including phenoxy) is 1. The van der Waals surface area contributed by atoms with E-state index in [1.54, 1.807) is 24.3 Å². The summed E-state index contributed by atoms with van der Waals surface area (Å²) in [5, 5.41) is 9.17. The topological polar surface area (TPSA) is 59.0 Å². The Bertz CT molecular complexity index is 652. The number of rotatable bonds is 3. The van der Waals surface area contributed by atoms with Crippen LogP contribution in [0, 0.1) is 17.1 Å². The molecule has 0 fully saturated rings. The second-order valence-corrected chi connectivity index (χ2v) is 4.32. The molecule has 0 spiro atoms. The molecule has 0 heterocycles. The van der Waals surface area contributed by atoms with Crippen molar-refractivity contribution in [2.24, 2.45) is 0 Å². The largest absolute Gasteiger partial charge is 0.489 e. The molecule has 0 atom stereocenters. The van der Waals surface area contributed by atoms with Gasteiger partial charge in [0.1, 0.15) is 24.2 Å². The Labute approximate surface area is 115 Å². The summed E-state index contributed by atoms with van der Waals surface area (Å²) in [6.45, 7) is 0.203. The molecular weight excluding hydrogens is 267 g/mol. The lowest BCUT2D eigenvalue weighted by molar-refractivity contribution is 0.305. The Balaban J connectivity index is 2.10. The van der Waals surface area contributed by atoms with Gasteiger partial charge in [-0.2, -0.15) is 5.26 Å². The van der Waals surface area contributed by atoms with Crippen LogP contribution in [-0.2, 0) is 6.61 Å². The Morgan fingerprint density at radius 1 is 1.26 bits per heavy atom. The second-order valence-electron chi connectivity index (χ2n) is 3.89. The number of nitriles is 1. The smallest absolute Gasteiger partial charge is 0.144 e. The summed E-state index contributed by atoms with van der Waals surface area (Å²) >= 11 is 5.79. The van der Waals surface area contributed by atoms with Gasteiger partial charge >= 0.3 is 0 Å². The maximum absolute atomic E-state index is 13.4. The minimum atomic E-state index is -0.607. The minimum absolute atomic E-state index is 0.0154. The average molecular weight is 277 g/mol. The highest BCUT2D eigenvalue weighted by Crippen LogP contribution is 2.21. The van der Waals surface area contributed by atoms with Crippen molar-refractivity contribution in [3.05, 3.63) is 58.4 Å². The first-order chi connectivity index (χ1) is 9.10. The number of nitrogens with zero attached hydrogens (tertiary/aromatic N) is 1.